The zero-order valence-corrected chi connectivity index (χ0v) is 16.0. The first-order valence-corrected chi connectivity index (χ1v) is 9.77. The lowest BCUT2D eigenvalue weighted by Gasteiger charge is -2.46. The maximum absolute atomic E-state index is 13.4. The van der Waals surface area contributed by atoms with Crippen LogP contribution in [0.25, 0.3) is 0 Å². The molecule has 1 atom stereocenters. The van der Waals surface area contributed by atoms with E-state index in [2.05, 4.69) is 0 Å². The van der Waals surface area contributed by atoms with Gasteiger partial charge in [-0.05, 0) is 73.4 Å². The number of allylic oxidation sites excluding steroid dienone is 2. The molecule has 1 heterocycles. The molecule has 148 valence electrons. The summed E-state index contributed by atoms with van der Waals surface area (Å²) >= 11 is 0. The summed E-state index contributed by atoms with van der Waals surface area (Å²) in [4.78, 5) is 26.7. The number of benzene rings is 2. The third-order valence-corrected chi connectivity index (χ3v) is 5.35. The van der Waals surface area contributed by atoms with Crippen LogP contribution in [0.4, 0.5) is 10.1 Å². The Morgan fingerprint density at radius 3 is 2.38 bits per heavy atom. The van der Waals surface area contributed by atoms with Crippen LogP contribution in [-0.2, 0) is 20.7 Å². The summed E-state index contributed by atoms with van der Waals surface area (Å²) in [6.07, 6.45) is 8.42. The van der Waals surface area contributed by atoms with Crippen molar-refractivity contribution in [3.8, 4) is 0 Å². The number of aryl methyl sites for hydroxylation is 1. The molecule has 1 aliphatic carbocycles. The van der Waals surface area contributed by atoms with Gasteiger partial charge >= 0.3 is 0 Å². The first-order chi connectivity index (χ1) is 14.1. The van der Waals surface area contributed by atoms with Gasteiger partial charge in [0.15, 0.2) is 11.5 Å². The molecule has 29 heavy (non-hydrogen) atoms. The van der Waals surface area contributed by atoms with E-state index in [1.165, 1.54) is 24.3 Å². The van der Waals surface area contributed by atoms with Crippen LogP contribution in [0.1, 0.15) is 18.4 Å². The molecule has 1 spiro atoms. The van der Waals surface area contributed by atoms with E-state index < -0.39 is 5.72 Å². The Balaban J connectivity index is 1.51. The maximum Gasteiger partial charge on any atom is 0.235 e. The number of carbonyl (C=O) groups is 2. The number of amides is 1. The van der Waals surface area contributed by atoms with Crippen molar-refractivity contribution < 1.29 is 18.7 Å². The zero-order chi connectivity index (χ0) is 20.3. The highest BCUT2D eigenvalue weighted by Crippen LogP contribution is 2.36. The molecule has 1 unspecified atom stereocenters. The fourth-order valence-electron chi connectivity index (χ4n) is 3.80. The molecule has 0 saturated carbocycles. The molecule has 1 fully saturated rings. The molecule has 2 aromatic carbocycles. The van der Waals surface area contributed by atoms with Crippen molar-refractivity contribution in [2.45, 2.75) is 25.0 Å². The summed E-state index contributed by atoms with van der Waals surface area (Å²) < 4.78 is 19.2. The predicted molar refractivity (Wildman–Crippen MR) is 109 cm³/mol. The first kappa shape index (κ1) is 19.3. The van der Waals surface area contributed by atoms with Gasteiger partial charge in [-0.3, -0.25) is 14.5 Å². The van der Waals surface area contributed by atoms with Crippen LogP contribution >= 0.6 is 0 Å². The number of hydrogen-bond acceptors (Lipinski definition) is 3. The van der Waals surface area contributed by atoms with E-state index in [0.717, 1.165) is 24.1 Å². The minimum absolute atomic E-state index is 0.0230. The van der Waals surface area contributed by atoms with Crippen LogP contribution in [0.2, 0.25) is 0 Å². The van der Waals surface area contributed by atoms with Crippen molar-refractivity contribution in [1.82, 2.24) is 0 Å². The van der Waals surface area contributed by atoms with Crippen LogP contribution in [0, 0.1) is 11.7 Å². The summed E-state index contributed by atoms with van der Waals surface area (Å²) in [5.74, 6) is -0.674. The number of rotatable bonds is 5. The van der Waals surface area contributed by atoms with Crippen molar-refractivity contribution in [3.05, 3.63) is 90.3 Å². The highest BCUT2D eigenvalue weighted by atomic mass is 19.1. The lowest BCUT2D eigenvalue weighted by Crippen LogP contribution is -2.59. The molecule has 0 N–H and O–H groups in total. The normalized spacial score (nSPS) is 20.4. The monoisotopic (exact) mass is 391 g/mol. The number of para-hydroxylation sites is 1. The standard InChI is InChI=1S/C24H22FNO3/c25-20-11-9-18(10-12-20)5-4-6-19-17-29-24(15-13-22(27)14-16-24)26(23(19)28)21-7-2-1-3-8-21/h1-3,7-16,19H,4-6,17H2. The molecular weight excluding hydrogens is 369 g/mol. The van der Waals surface area contributed by atoms with Gasteiger partial charge in [-0.15, -0.1) is 0 Å². The van der Waals surface area contributed by atoms with E-state index in [0.29, 0.717) is 6.42 Å². The van der Waals surface area contributed by atoms with Crippen molar-refractivity contribution in [2.24, 2.45) is 5.92 Å². The van der Waals surface area contributed by atoms with Crippen molar-refractivity contribution in [2.75, 3.05) is 11.5 Å². The maximum atomic E-state index is 13.4. The number of halogens is 1. The largest absolute Gasteiger partial charge is 0.347 e. The van der Waals surface area contributed by atoms with Gasteiger partial charge in [0, 0.05) is 5.69 Å². The highest BCUT2D eigenvalue weighted by molar-refractivity contribution is 6.03. The average molecular weight is 391 g/mol. The van der Waals surface area contributed by atoms with Crippen LogP contribution < -0.4 is 4.90 Å². The minimum atomic E-state index is -1.07. The van der Waals surface area contributed by atoms with E-state index >= 15 is 0 Å². The van der Waals surface area contributed by atoms with Gasteiger partial charge in [-0.2, -0.15) is 0 Å². The summed E-state index contributed by atoms with van der Waals surface area (Å²) in [7, 11) is 0. The lowest BCUT2D eigenvalue weighted by molar-refractivity contribution is -0.138. The molecule has 0 bridgehead atoms. The summed E-state index contributed by atoms with van der Waals surface area (Å²) in [6.45, 7) is 0.286. The van der Waals surface area contributed by atoms with Gasteiger partial charge in [0.1, 0.15) is 5.82 Å². The molecule has 1 aliphatic heterocycles. The molecule has 1 amide bonds. The second-order valence-electron chi connectivity index (χ2n) is 7.36. The number of carbonyl (C=O) groups excluding carboxylic acids is 2. The number of hydrogen-bond donors (Lipinski definition) is 0. The third kappa shape index (κ3) is 4.05. The SMILES string of the molecule is O=C1C=CC2(C=C1)OCC(CCCc1ccc(F)cc1)C(=O)N2c1ccccc1. The Bertz CT molecular complexity index is 934. The molecule has 4 rings (SSSR count). The molecule has 0 radical (unpaired) electrons. The lowest BCUT2D eigenvalue weighted by atomic mass is 9.93. The number of anilines is 1. The Morgan fingerprint density at radius 1 is 1.00 bits per heavy atom. The summed E-state index contributed by atoms with van der Waals surface area (Å²) in [5.41, 5.74) is 0.702. The van der Waals surface area contributed by atoms with Gasteiger partial charge in [0.2, 0.25) is 5.91 Å². The van der Waals surface area contributed by atoms with Crippen LogP contribution in [0.15, 0.2) is 78.9 Å². The van der Waals surface area contributed by atoms with Gasteiger partial charge in [-0.1, -0.05) is 30.3 Å². The Kier molecular flexibility index (Phi) is 5.41. The van der Waals surface area contributed by atoms with Gasteiger partial charge in [0.05, 0.1) is 12.5 Å². The van der Waals surface area contributed by atoms with Crippen LogP contribution in [0.3, 0.4) is 0 Å². The van der Waals surface area contributed by atoms with Gasteiger partial charge in [0.25, 0.3) is 0 Å². The molecule has 1 saturated heterocycles. The fourth-order valence-corrected chi connectivity index (χ4v) is 3.80. The second-order valence-corrected chi connectivity index (χ2v) is 7.36. The number of nitrogens with zero attached hydrogens (tertiary/aromatic N) is 1. The molecule has 5 heteroatoms. The van der Waals surface area contributed by atoms with Crippen LogP contribution in [0.5, 0.6) is 0 Å². The Labute approximate surface area is 169 Å². The van der Waals surface area contributed by atoms with E-state index in [-0.39, 0.29) is 30.0 Å². The van der Waals surface area contributed by atoms with Crippen molar-refractivity contribution in [1.29, 1.82) is 0 Å². The quantitative estimate of drug-likeness (QED) is 0.767. The summed E-state index contributed by atoms with van der Waals surface area (Å²) in [6, 6.07) is 15.8. The average Bonchev–Trinajstić information content (AvgIpc) is 2.74. The highest BCUT2D eigenvalue weighted by Gasteiger charge is 2.46. The minimum Gasteiger partial charge on any atom is -0.347 e. The molecule has 2 aliphatic rings. The van der Waals surface area contributed by atoms with Crippen molar-refractivity contribution in [3.63, 3.8) is 0 Å². The van der Waals surface area contributed by atoms with Gasteiger partial charge in [-0.25, -0.2) is 4.39 Å². The Hall–Kier alpha value is -3.05. The zero-order valence-electron chi connectivity index (χ0n) is 16.0. The molecule has 2 aromatic rings. The van der Waals surface area contributed by atoms with E-state index in [1.807, 2.05) is 30.3 Å². The number of ketones is 1. The predicted octanol–water partition coefficient (Wildman–Crippen LogP) is 4.22. The molecule has 4 nitrogen and oxygen atoms in total. The second kappa shape index (κ2) is 8.13. The van der Waals surface area contributed by atoms with Crippen LogP contribution in [-0.4, -0.2) is 24.0 Å². The van der Waals surface area contributed by atoms with E-state index in [1.54, 1.807) is 29.2 Å². The summed E-state index contributed by atoms with van der Waals surface area (Å²) in [5, 5.41) is 0. The van der Waals surface area contributed by atoms with E-state index in [4.69, 9.17) is 4.74 Å². The Morgan fingerprint density at radius 2 is 1.69 bits per heavy atom. The smallest absolute Gasteiger partial charge is 0.235 e. The van der Waals surface area contributed by atoms with E-state index in [9.17, 15) is 14.0 Å². The van der Waals surface area contributed by atoms with Crippen molar-refractivity contribution >= 4 is 17.4 Å². The van der Waals surface area contributed by atoms with Gasteiger partial charge < -0.3 is 4.74 Å². The topological polar surface area (TPSA) is 46.6 Å². The fraction of sp³-hybridized carbons (Fsp3) is 0.250. The third-order valence-electron chi connectivity index (χ3n) is 5.35. The molecular formula is C24H22FNO3. The number of ether oxygens (including phenoxy) is 1. The molecule has 0 aromatic heterocycles. The first-order valence-electron chi connectivity index (χ1n) is 9.77.